The standard InChI is InChI=1S/C22H24N4O3S2/c1-15-8-9-18(31(28,29)26-11-4-3-6-16(26)2)12-19(15)21(27)25-22-24-20(14-30-22)17-7-5-10-23-13-17/h5,7-10,12-14,16H,3-4,6,11H2,1-2H3,(H,24,25,27). The molecule has 3 heterocycles. The fraction of sp³-hybridized carbons (Fsp3) is 0.318. The van der Waals surface area contributed by atoms with Crippen LogP contribution in [0.25, 0.3) is 11.3 Å². The van der Waals surface area contributed by atoms with Gasteiger partial charge < -0.3 is 0 Å². The van der Waals surface area contributed by atoms with E-state index in [1.807, 2.05) is 24.4 Å². The highest BCUT2D eigenvalue weighted by Gasteiger charge is 2.31. The Bertz CT molecular complexity index is 1190. The van der Waals surface area contributed by atoms with Gasteiger partial charge in [0.05, 0.1) is 10.6 Å². The van der Waals surface area contributed by atoms with E-state index >= 15 is 0 Å². The van der Waals surface area contributed by atoms with E-state index in [4.69, 9.17) is 0 Å². The van der Waals surface area contributed by atoms with Crippen LogP contribution in [0.2, 0.25) is 0 Å². The Morgan fingerprint density at radius 2 is 2.10 bits per heavy atom. The van der Waals surface area contributed by atoms with E-state index in [0.29, 0.717) is 22.8 Å². The smallest absolute Gasteiger partial charge is 0.257 e. The van der Waals surface area contributed by atoms with Gasteiger partial charge in [0, 0.05) is 41.5 Å². The van der Waals surface area contributed by atoms with Crippen molar-refractivity contribution in [3.8, 4) is 11.3 Å². The van der Waals surface area contributed by atoms with E-state index in [2.05, 4.69) is 15.3 Å². The number of nitrogens with one attached hydrogen (secondary N) is 1. The lowest BCUT2D eigenvalue weighted by Gasteiger charge is -2.32. The van der Waals surface area contributed by atoms with Crippen LogP contribution in [0.3, 0.4) is 0 Å². The van der Waals surface area contributed by atoms with Gasteiger partial charge in [0.15, 0.2) is 5.13 Å². The van der Waals surface area contributed by atoms with Gasteiger partial charge in [-0.3, -0.25) is 15.1 Å². The minimum Gasteiger partial charge on any atom is -0.298 e. The molecule has 1 saturated heterocycles. The zero-order valence-electron chi connectivity index (χ0n) is 17.4. The Labute approximate surface area is 186 Å². The van der Waals surface area contributed by atoms with Crippen molar-refractivity contribution in [1.29, 1.82) is 0 Å². The van der Waals surface area contributed by atoms with E-state index < -0.39 is 10.0 Å². The average Bonchev–Trinajstić information content (AvgIpc) is 3.23. The maximum absolute atomic E-state index is 13.2. The molecular formula is C22H24N4O3S2. The number of sulfonamides is 1. The molecule has 1 aliphatic heterocycles. The summed E-state index contributed by atoms with van der Waals surface area (Å²) in [4.78, 5) is 21.6. The fourth-order valence-corrected chi connectivity index (χ4v) is 6.15. The minimum absolute atomic E-state index is 0.0430. The van der Waals surface area contributed by atoms with Crippen LogP contribution in [0.1, 0.15) is 42.1 Å². The van der Waals surface area contributed by atoms with Crippen LogP contribution in [-0.4, -0.2) is 41.2 Å². The first-order chi connectivity index (χ1) is 14.9. The number of carbonyl (C=O) groups excluding carboxylic acids is 1. The quantitative estimate of drug-likeness (QED) is 0.617. The second-order valence-corrected chi connectivity index (χ2v) is 10.4. The average molecular weight is 457 g/mol. The molecule has 2 aromatic heterocycles. The molecule has 0 aliphatic carbocycles. The summed E-state index contributed by atoms with van der Waals surface area (Å²) in [5.74, 6) is -0.381. The first-order valence-electron chi connectivity index (χ1n) is 10.2. The summed E-state index contributed by atoms with van der Waals surface area (Å²) in [7, 11) is -3.66. The van der Waals surface area contributed by atoms with Crippen molar-refractivity contribution in [2.24, 2.45) is 0 Å². The maximum Gasteiger partial charge on any atom is 0.257 e. The van der Waals surface area contributed by atoms with E-state index in [1.165, 1.54) is 17.4 Å². The molecule has 1 unspecified atom stereocenters. The molecule has 7 nitrogen and oxygen atoms in total. The third kappa shape index (κ3) is 4.53. The zero-order chi connectivity index (χ0) is 22.0. The lowest BCUT2D eigenvalue weighted by Crippen LogP contribution is -2.42. The number of hydrogen-bond acceptors (Lipinski definition) is 6. The molecule has 0 bridgehead atoms. The second kappa shape index (κ2) is 8.86. The van der Waals surface area contributed by atoms with Crippen molar-refractivity contribution in [1.82, 2.24) is 14.3 Å². The van der Waals surface area contributed by atoms with Gasteiger partial charge in [0.25, 0.3) is 5.91 Å². The second-order valence-electron chi connectivity index (χ2n) is 7.67. The van der Waals surface area contributed by atoms with Gasteiger partial charge in [-0.25, -0.2) is 13.4 Å². The molecule has 1 aromatic carbocycles. The Morgan fingerprint density at radius 3 is 2.84 bits per heavy atom. The first kappa shape index (κ1) is 21.6. The molecule has 162 valence electrons. The maximum atomic E-state index is 13.2. The fourth-order valence-electron chi connectivity index (χ4n) is 3.71. The Hall–Kier alpha value is -2.62. The number of benzene rings is 1. The Kier molecular flexibility index (Phi) is 6.17. The van der Waals surface area contributed by atoms with Crippen molar-refractivity contribution in [3.63, 3.8) is 0 Å². The molecule has 1 N–H and O–H groups in total. The lowest BCUT2D eigenvalue weighted by atomic mass is 10.1. The number of hydrogen-bond donors (Lipinski definition) is 1. The van der Waals surface area contributed by atoms with Gasteiger partial charge in [0.2, 0.25) is 10.0 Å². The molecule has 0 saturated carbocycles. The van der Waals surface area contributed by atoms with Crippen molar-refractivity contribution in [3.05, 3.63) is 59.2 Å². The number of amides is 1. The third-order valence-electron chi connectivity index (χ3n) is 5.48. The van der Waals surface area contributed by atoms with Gasteiger partial charge >= 0.3 is 0 Å². The predicted octanol–water partition coefficient (Wildman–Crippen LogP) is 4.33. The predicted molar refractivity (Wildman–Crippen MR) is 122 cm³/mol. The van der Waals surface area contributed by atoms with E-state index in [0.717, 1.165) is 30.5 Å². The minimum atomic E-state index is -3.66. The number of carbonyl (C=O) groups is 1. The van der Waals surface area contributed by atoms with Crippen LogP contribution in [0.4, 0.5) is 5.13 Å². The SMILES string of the molecule is Cc1ccc(S(=O)(=O)N2CCCCC2C)cc1C(=O)Nc1nc(-c2cccnc2)cs1. The van der Waals surface area contributed by atoms with Crippen molar-refractivity contribution in [2.75, 3.05) is 11.9 Å². The number of nitrogens with zero attached hydrogens (tertiary/aromatic N) is 3. The van der Waals surface area contributed by atoms with Gasteiger partial charge in [-0.1, -0.05) is 12.5 Å². The zero-order valence-corrected chi connectivity index (χ0v) is 19.0. The number of piperidine rings is 1. The van der Waals surface area contributed by atoms with E-state index in [9.17, 15) is 13.2 Å². The molecule has 0 radical (unpaired) electrons. The Balaban J connectivity index is 1.57. The highest BCUT2D eigenvalue weighted by molar-refractivity contribution is 7.89. The summed E-state index contributed by atoms with van der Waals surface area (Å²) in [6, 6.07) is 8.40. The largest absolute Gasteiger partial charge is 0.298 e. The molecule has 9 heteroatoms. The normalized spacial score (nSPS) is 17.4. The molecule has 1 fully saturated rings. The van der Waals surface area contributed by atoms with E-state index in [-0.39, 0.29) is 16.8 Å². The van der Waals surface area contributed by atoms with E-state index in [1.54, 1.807) is 35.8 Å². The molecule has 3 aromatic rings. The highest BCUT2D eigenvalue weighted by atomic mass is 32.2. The van der Waals surface area contributed by atoms with Crippen molar-refractivity contribution >= 4 is 32.4 Å². The Morgan fingerprint density at radius 1 is 1.26 bits per heavy atom. The lowest BCUT2D eigenvalue weighted by molar-refractivity contribution is 0.102. The van der Waals surface area contributed by atoms with Crippen molar-refractivity contribution in [2.45, 2.75) is 44.0 Å². The number of pyridine rings is 1. The van der Waals surface area contributed by atoms with Gasteiger partial charge in [0.1, 0.15) is 0 Å². The van der Waals surface area contributed by atoms with Gasteiger partial charge in [-0.15, -0.1) is 11.3 Å². The number of rotatable bonds is 5. The summed E-state index contributed by atoms with van der Waals surface area (Å²) < 4.78 is 27.9. The van der Waals surface area contributed by atoms with Crippen LogP contribution in [0.5, 0.6) is 0 Å². The summed E-state index contributed by atoms with van der Waals surface area (Å²) in [5.41, 5.74) is 2.61. The molecule has 4 rings (SSSR count). The molecule has 0 spiro atoms. The van der Waals surface area contributed by atoms with Gasteiger partial charge in [-0.05, 0) is 56.5 Å². The molecule has 31 heavy (non-hydrogen) atoms. The molecule has 1 atom stereocenters. The molecule has 1 amide bonds. The van der Waals surface area contributed by atoms with Crippen LogP contribution in [0, 0.1) is 6.92 Å². The summed E-state index contributed by atoms with van der Waals surface area (Å²) >= 11 is 1.31. The van der Waals surface area contributed by atoms with Crippen LogP contribution in [-0.2, 0) is 10.0 Å². The summed E-state index contributed by atoms with van der Waals surface area (Å²) in [6.45, 7) is 4.23. The summed E-state index contributed by atoms with van der Waals surface area (Å²) in [5, 5.41) is 5.09. The van der Waals surface area contributed by atoms with Crippen LogP contribution < -0.4 is 5.32 Å². The summed E-state index contributed by atoms with van der Waals surface area (Å²) in [6.07, 6.45) is 6.13. The van der Waals surface area contributed by atoms with Crippen molar-refractivity contribution < 1.29 is 13.2 Å². The molecular weight excluding hydrogens is 432 g/mol. The number of aryl methyl sites for hydroxylation is 1. The van der Waals surface area contributed by atoms with Crippen LogP contribution >= 0.6 is 11.3 Å². The third-order valence-corrected chi connectivity index (χ3v) is 8.25. The number of thiazole rings is 1. The first-order valence-corrected chi connectivity index (χ1v) is 12.5. The molecule has 1 aliphatic rings. The monoisotopic (exact) mass is 456 g/mol. The van der Waals surface area contributed by atoms with Crippen LogP contribution in [0.15, 0.2) is 53.0 Å². The highest BCUT2D eigenvalue weighted by Crippen LogP contribution is 2.28. The van der Waals surface area contributed by atoms with Gasteiger partial charge in [-0.2, -0.15) is 4.31 Å². The topological polar surface area (TPSA) is 92.3 Å². The number of anilines is 1. The number of aromatic nitrogens is 2.